The molecule has 24 aromatic carbocycles. The highest BCUT2D eigenvalue weighted by Gasteiger charge is 2.27. The number of hydrogen-bond acceptors (Lipinski definition) is 9. The van der Waals surface area contributed by atoms with E-state index < -0.39 is 0 Å². The zero-order chi connectivity index (χ0) is 98.4. The zero-order valence-corrected chi connectivity index (χ0v) is 80.5. The van der Waals surface area contributed by atoms with Gasteiger partial charge in [-0.25, -0.2) is 44.9 Å². The summed E-state index contributed by atoms with van der Waals surface area (Å²) in [6.45, 7) is 0. The molecular weight excluding hydrogens is 1810 g/mol. The Morgan fingerprint density at radius 3 is 0.664 bits per heavy atom. The number of aromatic nitrogens is 12. The van der Waals surface area contributed by atoms with E-state index in [9.17, 15) is 0 Å². The SMILES string of the molecule is c1ccc(-c2cc(-c3nc(-c4ccccc4)nc(-c4ccccc4)n3)cc(-n3c4ccc5ccccc5c4c4c5ccccc5ccc43)c2)cc1.c1ccc(-c2nc(-c3ccccc3)nc(-c3cc(-n4c5ccc6ccccc6c5c5c6ccccc6ccc54)c4ccccc4c3)n2)cc1.c1ccc(-c2nc(-c3ccccc3)nc(-c3ccc(-n4c5ccc6ccccc6c5c5c6ccccc6ccc54)c4ccccc34)n2)cc1. The van der Waals surface area contributed by atoms with Crippen molar-refractivity contribution >= 4 is 152 Å². The summed E-state index contributed by atoms with van der Waals surface area (Å²) in [6, 6.07) is 184. The molecule has 0 aliphatic carbocycles. The maximum atomic E-state index is 5.13. The Morgan fingerprint density at radius 1 is 0.121 bits per heavy atom. The Bertz CT molecular complexity index is 10100. The Hall–Kier alpha value is -20.2. The van der Waals surface area contributed by atoms with Gasteiger partial charge in [0.05, 0.1) is 44.5 Å². The van der Waals surface area contributed by atoms with E-state index in [1.165, 1.54) is 108 Å². The first-order valence-corrected chi connectivity index (χ1v) is 50.3. The van der Waals surface area contributed by atoms with E-state index in [0.717, 1.165) is 122 Å². The lowest BCUT2D eigenvalue weighted by atomic mass is 10.00. The van der Waals surface area contributed by atoms with Gasteiger partial charge in [0.25, 0.3) is 0 Å². The minimum absolute atomic E-state index is 0.624. The van der Waals surface area contributed by atoms with Crippen LogP contribution in [0.3, 0.4) is 0 Å². The fourth-order valence-corrected chi connectivity index (χ4v) is 22.2. The smallest absolute Gasteiger partial charge is 0.164 e. The third-order valence-corrected chi connectivity index (χ3v) is 29.0. The second kappa shape index (κ2) is 36.6. The number of rotatable bonds is 13. The Balaban J connectivity index is 0.000000108. The molecule has 0 amide bonds. The molecule has 30 rings (SSSR count). The third-order valence-electron chi connectivity index (χ3n) is 29.0. The van der Waals surface area contributed by atoms with E-state index >= 15 is 0 Å². The van der Waals surface area contributed by atoms with Gasteiger partial charge >= 0.3 is 0 Å². The standard InChI is InChI=1S/C47H30N4.2C45H28N4/c1-4-14-31(15-5-1)36-28-37(47-49-45(34-18-6-2-7-19-34)48-46(50-47)35-20-8-3-9-21-35)30-38(29-36)51-41-26-24-32-16-10-12-22-39(32)43(41)44-40-23-13-11-17-33(40)25-27-42(44)51;1-3-15-31(16-4-1)43-46-44(32-17-5-2-6-18-32)48-45(47-43)34-27-33-19-9-10-20-35(33)40(28-34)49-38-25-23-29-13-7-11-21-36(29)41(38)42-37-22-12-8-14-30(37)24-26-39(42)49;1-3-15-31(16-4-1)43-46-44(32-17-5-2-6-18-32)48-45(47-43)37-25-28-38(36-22-12-11-21-35(36)37)49-39-26-23-29-13-7-9-19-33(29)41(39)42-34-20-10-8-14-30(34)24-27-40(42)49/h1-30H;2*1-28H. The van der Waals surface area contributed by atoms with Crippen molar-refractivity contribution in [2.24, 2.45) is 0 Å². The minimum Gasteiger partial charge on any atom is -0.309 e. The monoisotopic (exact) mass is 1900 g/mol. The van der Waals surface area contributed by atoms with Gasteiger partial charge in [0.15, 0.2) is 52.4 Å². The van der Waals surface area contributed by atoms with Crippen molar-refractivity contribution in [2.75, 3.05) is 0 Å². The molecule has 694 valence electrons. The molecule has 149 heavy (non-hydrogen) atoms. The lowest BCUT2D eigenvalue weighted by molar-refractivity contribution is 1.07. The molecule has 0 radical (unpaired) electrons. The van der Waals surface area contributed by atoms with Crippen molar-refractivity contribution in [3.8, 4) is 131 Å². The number of nitrogens with zero attached hydrogens (tertiary/aromatic N) is 12. The maximum absolute atomic E-state index is 5.13. The summed E-state index contributed by atoms with van der Waals surface area (Å²) in [7, 11) is 0. The minimum atomic E-state index is 0.624. The molecule has 12 nitrogen and oxygen atoms in total. The van der Waals surface area contributed by atoms with E-state index in [2.05, 4.69) is 353 Å². The molecule has 0 unspecified atom stereocenters. The van der Waals surface area contributed by atoms with Crippen molar-refractivity contribution in [1.82, 2.24) is 58.6 Å². The number of benzene rings is 24. The fraction of sp³-hybridized carbons (Fsp3) is 0. The van der Waals surface area contributed by atoms with Crippen molar-refractivity contribution < 1.29 is 0 Å². The second-order valence-corrected chi connectivity index (χ2v) is 37.7. The van der Waals surface area contributed by atoms with Crippen LogP contribution in [0.15, 0.2) is 522 Å². The van der Waals surface area contributed by atoms with Crippen molar-refractivity contribution in [3.63, 3.8) is 0 Å². The molecule has 0 spiro atoms. The van der Waals surface area contributed by atoms with Gasteiger partial charge in [0.2, 0.25) is 0 Å². The zero-order valence-electron chi connectivity index (χ0n) is 80.5. The average Bonchev–Trinajstić information content (AvgIpc) is 1.54. The van der Waals surface area contributed by atoms with Crippen LogP contribution >= 0.6 is 0 Å². The molecule has 12 heteroatoms. The van der Waals surface area contributed by atoms with Crippen LogP contribution < -0.4 is 0 Å². The lowest BCUT2D eigenvalue weighted by Gasteiger charge is -2.15. The largest absolute Gasteiger partial charge is 0.309 e. The molecule has 0 N–H and O–H groups in total. The van der Waals surface area contributed by atoms with Gasteiger partial charge in [-0.15, -0.1) is 0 Å². The van der Waals surface area contributed by atoms with Gasteiger partial charge in [-0.1, -0.05) is 443 Å². The summed E-state index contributed by atoms with van der Waals surface area (Å²) in [5, 5.41) is 26.9. The van der Waals surface area contributed by atoms with E-state index in [1.807, 2.05) is 182 Å². The van der Waals surface area contributed by atoms with Gasteiger partial charge in [-0.3, -0.25) is 0 Å². The van der Waals surface area contributed by atoms with Gasteiger partial charge < -0.3 is 13.7 Å². The molecule has 0 fully saturated rings. The predicted molar refractivity (Wildman–Crippen MR) is 617 cm³/mol. The van der Waals surface area contributed by atoms with E-state index in [0.29, 0.717) is 52.4 Å². The normalized spacial score (nSPS) is 11.6. The van der Waals surface area contributed by atoms with E-state index in [4.69, 9.17) is 44.9 Å². The van der Waals surface area contributed by atoms with E-state index in [-0.39, 0.29) is 0 Å². The Labute approximate surface area is 856 Å². The molecule has 0 aliphatic rings. The molecular formula is C137H86N12. The molecule has 0 atom stereocenters. The van der Waals surface area contributed by atoms with Crippen LogP contribution in [0.2, 0.25) is 0 Å². The highest BCUT2D eigenvalue weighted by Crippen LogP contribution is 2.49. The van der Waals surface area contributed by atoms with Crippen LogP contribution in [0.4, 0.5) is 0 Å². The highest BCUT2D eigenvalue weighted by molar-refractivity contribution is 6.32. The van der Waals surface area contributed by atoms with Crippen LogP contribution in [0, 0.1) is 0 Å². The summed E-state index contributed by atoms with van der Waals surface area (Å²) < 4.78 is 7.29. The molecule has 30 aromatic rings. The average molecular weight is 1900 g/mol. The molecule has 6 heterocycles. The first-order valence-electron chi connectivity index (χ1n) is 50.3. The van der Waals surface area contributed by atoms with Crippen molar-refractivity contribution in [3.05, 3.63) is 522 Å². The summed E-state index contributed by atoms with van der Waals surface area (Å²) in [6.07, 6.45) is 0. The predicted octanol–water partition coefficient (Wildman–Crippen LogP) is 34.8. The molecule has 0 aliphatic heterocycles. The number of hydrogen-bond donors (Lipinski definition) is 0. The van der Waals surface area contributed by atoms with Gasteiger partial charge in [0.1, 0.15) is 0 Å². The number of fused-ring (bicyclic) bond motifs is 23. The highest BCUT2D eigenvalue weighted by atomic mass is 15.1. The summed E-state index contributed by atoms with van der Waals surface area (Å²) in [5.74, 6) is 5.78. The molecule has 0 saturated carbocycles. The van der Waals surface area contributed by atoms with Crippen LogP contribution in [-0.4, -0.2) is 58.6 Å². The second-order valence-electron chi connectivity index (χ2n) is 37.7. The molecule has 0 saturated heterocycles. The summed E-state index contributed by atoms with van der Waals surface area (Å²) in [5.41, 5.74) is 21.0. The topological polar surface area (TPSA) is 131 Å². The van der Waals surface area contributed by atoms with Crippen molar-refractivity contribution in [1.29, 1.82) is 0 Å². The maximum Gasteiger partial charge on any atom is 0.164 e. The first kappa shape index (κ1) is 86.7. The summed E-state index contributed by atoms with van der Waals surface area (Å²) in [4.78, 5) is 45.5. The fourth-order valence-electron chi connectivity index (χ4n) is 22.2. The Kier molecular flexibility index (Phi) is 21.3. The quantitative estimate of drug-likeness (QED) is 0.111. The van der Waals surface area contributed by atoms with Gasteiger partial charge in [-0.2, -0.15) is 0 Å². The molecule has 0 bridgehead atoms. The van der Waals surface area contributed by atoms with E-state index in [1.54, 1.807) is 0 Å². The van der Waals surface area contributed by atoms with Crippen molar-refractivity contribution in [2.45, 2.75) is 0 Å². The molecule has 6 aromatic heterocycles. The van der Waals surface area contributed by atoms with Crippen LogP contribution in [0.5, 0.6) is 0 Å². The van der Waals surface area contributed by atoms with Crippen LogP contribution in [-0.2, 0) is 0 Å². The van der Waals surface area contributed by atoms with Crippen LogP contribution in [0.25, 0.3) is 282 Å². The van der Waals surface area contributed by atoms with Crippen LogP contribution in [0.1, 0.15) is 0 Å². The third kappa shape index (κ3) is 15.4. The lowest BCUT2D eigenvalue weighted by Crippen LogP contribution is -2.01. The summed E-state index contributed by atoms with van der Waals surface area (Å²) >= 11 is 0. The Morgan fingerprint density at radius 2 is 0.349 bits per heavy atom. The van der Waals surface area contributed by atoms with Gasteiger partial charge in [0, 0.05) is 98.8 Å². The van der Waals surface area contributed by atoms with Gasteiger partial charge in [-0.05, 0) is 165 Å². The first-order chi connectivity index (χ1) is 73.9.